The van der Waals surface area contributed by atoms with Crippen LogP contribution in [0.5, 0.6) is 0 Å². The molecule has 0 fully saturated rings. The minimum atomic E-state index is -4.64. The third-order valence-corrected chi connectivity index (χ3v) is 1.11. The van der Waals surface area contributed by atoms with Crippen LogP contribution in [0.25, 0.3) is 0 Å². The van der Waals surface area contributed by atoms with E-state index < -0.39 is 7.82 Å². The molecule has 7 nitrogen and oxygen atoms in total. The Morgan fingerprint density at radius 2 is 1.94 bits per heavy atom. The predicted molar refractivity (Wildman–Crippen MR) is 59.8 cm³/mol. The van der Waals surface area contributed by atoms with Crippen molar-refractivity contribution in [2.75, 3.05) is 14.1 Å². The van der Waals surface area contributed by atoms with Crippen LogP contribution in [0, 0.1) is 0 Å². The van der Waals surface area contributed by atoms with Gasteiger partial charge in [-0.3, -0.25) is 4.98 Å². The van der Waals surface area contributed by atoms with Crippen LogP contribution in [-0.4, -0.2) is 45.0 Å². The molecule has 0 atom stereocenters. The van der Waals surface area contributed by atoms with Crippen molar-refractivity contribution in [1.82, 2.24) is 9.99 Å². The SMILES string of the molecule is CN(C)/N=C/c1ccccn1.O=P(O)(O)O. The monoisotopic (exact) mass is 247 g/mol. The predicted octanol–water partition coefficient (Wildman–Crippen LogP) is 0.0485. The molecule has 1 aromatic heterocycles. The summed E-state index contributed by atoms with van der Waals surface area (Å²) in [6.45, 7) is 0. The quantitative estimate of drug-likeness (QED) is 0.387. The van der Waals surface area contributed by atoms with Gasteiger partial charge in [-0.25, -0.2) is 4.57 Å². The van der Waals surface area contributed by atoms with Crippen LogP contribution in [0.1, 0.15) is 5.69 Å². The highest BCUT2D eigenvalue weighted by Gasteiger charge is 2.00. The number of hydrogen-bond acceptors (Lipinski definition) is 4. The van der Waals surface area contributed by atoms with Crippen molar-refractivity contribution in [3.63, 3.8) is 0 Å². The topological polar surface area (TPSA) is 106 Å². The van der Waals surface area contributed by atoms with Gasteiger partial charge in [-0.15, -0.1) is 0 Å². The Balaban J connectivity index is 0.000000385. The summed E-state index contributed by atoms with van der Waals surface area (Å²) in [6.07, 6.45) is 3.47. The largest absolute Gasteiger partial charge is 0.466 e. The highest BCUT2D eigenvalue weighted by atomic mass is 31.2. The van der Waals surface area contributed by atoms with E-state index >= 15 is 0 Å². The molecular formula is C8H14N3O4P. The van der Waals surface area contributed by atoms with Gasteiger partial charge in [-0.05, 0) is 12.1 Å². The molecule has 0 spiro atoms. The molecule has 90 valence electrons. The molecule has 1 heterocycles. The number of rotatable bonds is 2. The van der Waals surface area contributed by atoms with Gasteiger partial charge in [-0.2, -0.15) is 5.10 Å². The third kappa shape index (κ3) is 12.7. The third-order valence-electron chi connectivity index (χ3n) is 1.11. The minimum Gasteiger partial charge on any atom is -0.303 e. The first-order valence-corrected chi connectivity index (χ1v) is 5.76. The Labute approximate surface area is 93.3 Å². The van der Waals surface area contributed by atoms with Gasteiger partial charge in [0.05, 0.1) is 11.9 Å². The zero-order valence-electron chi connectivity index (χ0n) is 8.93. The van der Waals surface area contributed by atoms with Gasteiger partial charge in [0.15, 0.2) is 0 Å². The maximum absolute atomic E-state index is 8.88. The maximum Gasteiger partial charge on any atom is 0.466 e. The fraction of sp³-hybridized carbons (Fsp3) is 0.250. The van der Waals surface area contributed by atoms with Crippen molar-refractivity contribution in [1.29, 1.82) is 0 Å². The molecule has 0 saturated heterocycles. The number of nitrogens with zero attached hydrogens (tertiary/aromatic N) is 3. The summed E-state index contributed by atoms with van der Waals surface area (Å²) in [6, 6.07) is 5.73. The number of pyridine rings is 1. The van der Waals surface area contributed by atoms with Gasteiger partial charge >= 0.3 is 7.82 Å². The summed E-state index contributed by atoms with van der Waals surface area (Å²) in [5, 5.41) is 5.77. The van der Waals surface area contributed by atoms with Gasteiger partial charge in [0.2, 0.25) is 0 Å². The van der Waals surface area contributed by atoms with Crippen LogP contribution in [-0.2, 0) is 4.57 Å². The summed E-state index contributed by atoms with van der Waals surface area (Å²) in [5.41, 5.74) is 0.876. The molecule has 0 unspecified atom stereocenters. The van der Waals surface area contributed by atoms with Crippen LogP contribution in [0.15, 0.2) is 29.5 Å². The molecule has 0 aliphatic rings. The van der Waals surface area contributed by atoms with E-state index in [1.165, 1.54) is 0 Å². The Bertz CT molecular complexity index is 355. The van der Waals surface area contributed by atoms with E-state index in [1.54, 1.807) is 17.4 Å². The first-order valence-electron chi connectivity index (χ1n) is 4.19. The molecule has 0 radical (unpaired) electrons. The van der Waals surface area contributed by atoms with Crippen LogP contribution in [0.4, 0.5) is 0 Å². The second-order valence-electron chi connectivity index (χ2n) is 2.86. The van der Waals surface area contributed by atoms with Gasteiger partial charge in [0.25, 0.3) is 0 Å². The molecule has 1 aromatic rings. The van der Waals surface area contributed by atoms with Crippen LogP contribution in [0.3, 0.4) is 0 Å². The lowest BCUT2D eigenvalue weighted by atomic mass is 10.4. The van der Waals surface area contributed by atoms with E-state index in [2.05, 4.69) is 10.1 Å². The summed E-state index contributed by atoms with van der Waals surface area (Å²) >= 11 is 0. The summed E-state index contributed by atoms with van der Waals surface area (Å²) in [5.74, 6) is 0. The zero-order valence-corrected chi connectivity index (χ0v) is 9.82. The van der Waals surface area contributed by atoms with Gasteiger partial charge in [0, 0.05) is 20.3 Å². The molecule has 0 bridgehead atoms. The molecule has 0 aliphatic carbocycles. The van der Waals surface area contributed by atoms with Gasteiger partial charge in [-0.1, -0.05) is 6.07 Å². The molecule has 3 N–H and O–H groups in total. The summed E-state index contributed by atoms with van der Waals surface area (Å²) in [4.78, 5) is 25.6. The molecule has 0 amide bonds. The van der Waals surface area contributed by atoms with Crippen molar-refractivity contribution >= 4 is 14.0 Å². The number of phosphoric acid groups is 1. The average Bonchev–Trinajstić information content (AvgIpc) is 2.14. The Kier molecular flexibility index (Phi) is 6.52. The van der Waals surface area contributed by atoms with Crippen molar-refractivity contribution in [3.8, 4) is 0 Å². The lowest BCUT2D eigenvalue weighted by molar-refractivity contribution is 0.275. The highest BCUT2D eigenvalue weighted by Crippen LogP contribution is 2.25. The van der Waals surface area contributed by atoms with Crippen LogP contribution in [0.2, 0.25) is 0 Å². The first kappa shape index (κ1) is 14.7. The molecule has 1 rings (SSSR count). The van der Waals surface area contributed by atoms with E-state index in [0.29, 0.717) is 0 Å². The molecule has 0 saturated carbocycles. The van der Waals surface area contributed by atoms with Gasteiger partial charge in [0.1, 0.15) is 0 Å². The fourth-order valence-corrected chi connectivity index (χ4v) is 0.627. The van der Waals surface area contributed by atoms with E-state index in [1.807, 2.05) is 32.3 Å². The lowest BCUT2D eigenvalue weighted by Gasteiger charge is -2.00. The number of aromatic nitrogens is 1. The number of hydrazone groups is 1. The van der Waals surface area contributed by atoms with Crippen molar-refractivity contribution in [3.05, 3.63) is 30.1 Å². The second-order valence-corrected chi connectivity index (χ2v) is 3.89. The Hall–Kier alpha value is -1.27. The molecular weight excluding hydrogens is 233 g/mol. The van der Waals surface area contributed by atoms with Crippen molar-refractivity contribution in [2.24, 2.45) is 5.10 Å². The molecule has 8 heteroatoms. The fourth-order valence-electron chi connectivity index (χ4n) is 0.627. The van der Waals surface area contributed by atoms with Crippen molar-refractivity contribution in [2.45, 2.75) is 0 Å². The van der Waals surface area contributed by atoms with E-state index in [4.69, 9.17) is 19.2 Å². The van der Waals surface area contributed by atoms with E-state index in [9.17, 15) is 0 Å². The average molecular weight is 247 g/mol. The second kappa shape index (κ2) is 7.08. The summed E-state index contributed by atoms with van der Waals surface area (Å²) in [7, 11) is -0.890. The Morgan fingerprint density at radius 3 is 2.31 bits per heavy atom. The molecule has 0 aromatic carbocycles. The first-order chi connectivity index (χ1) is 7.29. The zero-order chi connectivity index (χ0) is 12.6. The van der Waals surface area contributed by atoms with E-state index in [-0.39, 0.29) is 0 Å². The van der Waals surface area contributed by atoms with Crippen molar-refractivity contribution < 1.29 is 19.2 Å². The number of hydrogen-bond donors (Lipinski definition) is 3. The van der Waals surface area contributed by atoms with E-state index in [0.717, 1.165) is 5.69 Å². The maximum atomic E-state index is 8.88. The molecule has 0 aliphatic heterocycles. The van der Waals surface area contributed by atoms with Crippen LogP contribution < -0.4 is 0 Å². The normalized spacial score (nSPS) is 10.8. The smallest absolute Gasteiger partial charge is 0.303 e. The Morgan fingerprint density at radius 1 is 1.38 bits per heavy atom. The standard InChI is InChI=1S/C8H11N3.H3O4P/c1-11(2)10-7-8-5-3-4-6-9-8;1-5(2,3)4/h3-7H,1-2H3;(H3,1,2,3,4)/b10-7+;. The van der Waals surface area contributed by atoms with Gasteiger partial charge < -0.3 is 19.7 Å². The lowest BCUT2D eigenvalue weighted by Crippen LogP contribution is -2.02. The summed E-state index contributed by atoms with van der Waals surface area (Å²) < 4.78 is 8.88. The minimum absolute atomic E-state index is 0.876. The highest BCUT2D eigenvalue weighted by molar-refractivity contribution is 7.45. The van der Waals surface area contributed by atoms with Crippen LogP contribution >= 0.6 is 7.82 Å². The molecule has 16 heavy (non-hydrogen) atoms.